The summed E-state index contributed by atoms with van der Waals surface area (Å²) in [6, 6.07) is 14.4. The molecule has 0 spiro atoms. The molecule has 2 heterocycles. The maximum absolute atomic E-state index is 12.7. The molecule has 2 fully saturated rings. The molecule has 0 aromatic heterocycles. The van der Waals surface area contributed by atoms with Gasteiger partial charge in [0.15, 0.2) is 0 Å². The van der Waals surface area contributed by atoms with Crippen LogP contribution in [0.4, 0.5) is 0 Å². The number of aliphatic hydroxyl groups is 1. The van der Waals surface area contributed by atoms with E-state index >= 15 is 0 Å². The maximum Gasteiger partial charge on any atom is 0.227 e. The third-order valence-electron chi connectivity index (χ3n) is 5.48. The predicted molar refractivity (Wildman–Crippen MR) is 101 cm³/mol. The van der Waals surface area contributed by atoms with E-state index in [-0.39, 0.29) is 5.91 Å². The molecule has 0 bridgehead atoms. The van der Waals surface area contributed by atoms with Crippen molar-refractivity contribution in [3.63, 3.8) is 0 Å². The van der Waals surface area contributed by atoms with E-state index in [1.165, 1.54) is 5.39 Å². The fourth-order valence-corrected chi connectivity index (χ4v) is 4.01. The lowest BCUT2D eigenvalue weighted by atomic mass is 10.0. The number of fused-ring (bicyclic) bond motifs is 1. The minimum Gasteiger partial charge on any atom is -0.387 e. The Labute approximate surface area is 154 Å². The third-order valence-corrected chi connectivity index (χ3v) is 5.48. The second kappa shape index (κ2) is 7.35. The quantitative estimate of drug-likeness (QED) is 0.908. The lowest BCUT2D eigenvalue weighted by Gasteiger charge is -2.33. The van der Waals surface area contributed by atoms with Crippen LogP contribution in [0, 0.1) is 0 Å². The summed E-state index contributed by atoms with van der Waals surface area (Å²) in [5, 5.41) is 13.2. The molecule has 4 rings (SSSR count). The van der Waals surface area contributed by atoms with Crippen LogP contribution in [0.15, 0.2) is 42.5 Å². The molecule has 0 radical (unpaired) electrons. The van der Waals surface area contributed by atoms with Gasteiger partial charge in [0.25, 0.3) is 0 Å². The highest BCUT2D eigenvalue weighted by Crippen LogP contribution is 2.24. The zero-order valence-corrected chi connectivity index (χ0v) is 15.1. The molecule has 1 atom stereocenters. The van der Waals surface area contributed by atoms with Crippen LogP contribution < -0.4 is 0 Å². The topological polar surface area (TPSA) is 53.0 Å². The summed E-state index contributed by atoms with van der Waals surface area (Å²) < 4.78 is 5.37. The monoisotopic (exact) mass is 354 g/mol. The average Bonchev–Trinajstić information content (AvgIpc) is 3.04. The van der Waals surface area contributed by atoms with Gasteiger partial charge in [0.2, 0.25) is 5.91 Å². The molecule has 5 heteroatoms. The molecule has 0 saturated carbocycles. The van der Waals surface area contributed by atoms with Gasteiger partial charge in [0, 0.05) is 26.2 Å². The number of benzene rings is 2. The van der Waals surface area contributed by atoms with E-state index in [2.05, 4.69) is 29.2 Å². The van der Waals surface area contributed by atoms with Gasteiger partial charge in [-0.15, -0.1) is 0 Å². The van der Waals surface area contributed by atoms with Gasteiger partial charge in [0.05, 0.1) is 31.8 Å². The van der Waals surface area contributed by atoms with Crippen molar-refractivity contribution in [2.24, 2.45) is 0 Å². The highest BCUT2D eigenvalue weighted by Gasteiger charge is 2.39. The summed E-state index contributed by atoms with van der Waals surface area (Å²) in [6.07, 6.45) is 1.03. The van der Waals surface area contributed by atoms with E-state index in [4.69, 9.17) is 4.74 Å². The molecule has 2 aliphatic heterocycles. The Bertz CT molecular complexity index is 788. The van der Waals surface area contributed by atoms with E-state index in [9.17, 15) is 9.90 Å². The highest BCUT2D eigenvalue weighted by molar-refractivity contribution is 5.85. The highest BCUT2D eigenvalue weighted by atomic mass is 16.5. The molecule has 2 aromatic rings. The predicted octanol–water partition coefficient (Wildman–Crippen LogP) is 1.68. The number of nitrogens with zero attached hydrogens (tertiary/aromatic N) is 2. The largest absolute Gasteiger partial charge is 0.387 e. The second-order valence-corrected chi connectivity index (χ2v) is 7.54. The summed E-state index contributed by atoms with van der Waals surface area (Å²) in [4.78, 5) is 16.8. The molecule has 2 aromatic carbocycles. The van der Waals surface area contributed by atoms with Crippen LogP contribution in [-0.4, -0.2) is 72.4 Å². The number of rotatable bonds is 4. The Hall–Kier alpha value is -1.95. The Morgan fingerprint density at radius 1 is 1.08 bits per heavy atom. The summed E-state index contributed by atoms with van der Waals surface area (Å²) in [5.41, 5.74) is 0.230. The van der Waals surface area contributed by atoms with Crippen LogP contribution >= 0.6 is 0 Å². The molecule has 1 N–H and O–H groups in total. The average molecular weight is 354 g/mol. The molecule has 0 unspecified atom stereocenters. The van der Waals surface area contributed by atoms with Crippen molar-refractivity contribution in [1.82, 2.24) is 9.80 Å². The van der Waals surface area contributed by atoms with E-state index in [1.807, 2.05) is 23.1 Å². The smallest absolute Gasteiger partial charge is 0.227 e. The minimum absolute atomic E-state index is 0.0955. The first kappa shape index (κ1) is 17.5. The normalized spacial score (nSPS) is 24.3. The third kappa shape index (κ3) is 3.90. The standard InChI is InChI=1S/C21H26N2O3/c24-20(14-17-5-6-18-3-1-2-4-19(18)13-17)23-8-7-21(25,16-23)15-22-9-11-26-12-10-22/h1-6,13,25H,7-12,14-16H2/t21-/m1/s1. The van der Waals surface area contributed by atoms with Crippen molar-refractivity contribution >= 4 is 16.7 Å². The molecule has 1 amide bonds. The summed E-state index contributed by atoms with van der Waals surface area (Å²) in [5.74, 6) is 0.0955. The molecule has 0 aliphatic carbocycles. The number of amides is 1. The number of carbonyl (C=O) groups is 1. The Balaban J connectivity index is 1.37. The number of ether oxygens (including phenoxy) is 1. The lowest BCUT2D eigenvalue weighted by Crippen LogP contribution is -2.49. The van der Waals surface area contributed by atoms with Crippen LogP contribution in [0.5, 0.6) is 0 Å². The van der Waals surface area contributed by atoms with E-state index in [1.54, 1.807) is 0 Å². The zero-order valence-electron chi connectivity index (χ0n) is 15.1. The molecule has 138 valence electrons. The van der Waals surface area contributed by atoms with Gasteiger partial charge in [-0.3, -0.25) is 9.69 Å². The minimum atomic E-state index is -0.795. The van der Waals surface area contributed by atoms with Gasteiger partial charge in [-0.05, 0) is 22.8 Å². The second-order valence-electron chi connectivity index (χ2n) is 7.54. The zero-order chi connectivity index (χ0) is 18.0. The maximum atomic E-state index is 12.7. The van der Waals surface area contributed by atoms with Gasteiger partial charge in [0.1, 0.15) is 0 Å². The number of hydrogen-bond donors (Lipinski definition) is 1. The molecular formula is C21H26N2O3. The molecule has 5 nitrogen and oxygen atoms in total. The Morgan fingerprint density at radius 3 is 2.65 bits per heavy atom. The Morgan fingerprint density at radius 2 is 1.85 bits per heavy atom. The van der Waals surface area contributed by atoms with Crippen molar-refractivity contribution < 1.29 is 14.6 Å². The summed E-state index contributed by atoms with van der Waals surface area (Å²) >= 11 is 0. The van der Waals surface area contributed by atoms with E-state index in [0.29, 0.717) is 32.5 Å². The van der Waals surface area contributed by atoms with Crippen LogP contribution in [-0.2, 0) is 16.0 Å². The molecule has 2 aliphatic rings. The first-order valence-electron chi connectivity index (χ1n) is 9.39. The first-order chi connectivity index (χ1) is 12.6. The number of carbonyl (C=O) groups excluding carboxylic acids is 1. The van der Waals surface area contributed by atoms with Gasteiger partial charge in [-0.2, -0.15) is 0 Å². The van der Waals surface area contributed by atoms with Crippen molar-refractivity contribution in [2.75, 3.05) is 45.9 Å². The van der Waals surface area contributed by atoms with E-state index in [0.717, 1.165) is 37.3 Å². The lowest BCUT2D eigenvalue weighted by molar-refractivity contribution is -0.130. The van der Waals surface area contributed by atoms with Gasteiger partial charge in [-0.25, -0.2) is 0 Å². The summed E-state index contributed by atoms with van der Waals surface area (Å²) in [7, 11) is 0. The number of morpholine rings is 1. The summed E-state index contributed by atoms with van der Waals surface area (Å²) in [6.45, 7) is 4.84. The Kier molecular flexibility index (Phi) is 4.94. The van der Waals surface area contributed by atoms with Crippen molar-refractivity contribution in [3.05, 3.63) is 48.0 Å². The molecule has 26 heavy (non-hydrogen) atoms. The molecule has 2 saturated heterocycles. The number of likely N-dealkylation sites (tertiary alicyclic amines) is 1. The van der Waals surface area contributed by atoms with Crippen molar-refractivity contribution in [1.29, 1.82) is 0 Å². The SMILES string of the molecule is O=C(Cc1ccc2ccccc2c1)N1CC[C@@](O)(CN2CCOCC2)C1. The van der Waals surface area contributed by atoms with Crippen LogP contribution in [0.2, 0.25) is 0 Å². The first-order valence-corrected chi connectivity index (χ1v) is 9.39. The van der Waals surface area contributed by atoms with Crippen molar-refractivity contribution in [3.8, 4) is 0 Å². The van der Waals surface area contributed by atoms with E-state index < -0.39 is 5.60 Å². The molecular weight excluding hydrogens is 328 g/mol. The number of hydrogen-bond acceptors (Lipinski definition) is 4. The van der Waals surface area contributed by atoms with Gasteiger partial charge in [-0.1, -0.05) is 42.5 Å². The van der Waals surface area contributed by atoms with Gasteiger partial charge < -0.3 is 14.7 Å². The van der Waals surface area contributed by atoms with Gasteiger partial charge >= 0.3 is 0 Å². The van der Waals surface area contributed by atoms with Crippen LogP contribution in [0.3, 0.4) is 0 Å². The number of β-amino-alcohol motifs (C(OH)–C–C–N with tert-alkyl or cyclic N) is 1. The van der Waals surface area contributed by atoms with Crippen molar-refractivity contribution in [2.45, 2.75) is 18.4 Å². The van der Waals surface area contributed by atoms with Crippen LogP contribution in [0.1, 0.15) is 12.0 Å². The van der Waals surface area contributed by atoms with Crippen LogP contribution in [0.25, 0.3) is 10.8 Å². The fraction of sp³-hybridized carbons (Fsp3) is 0.476. The fourth-order valence-electron chi connectivity index (χ4n) is 4.01.